The number of aromatic nitrogens is 3. The topological polar surface area (TPSA) is 71.8 Å². The van der Waals surface area contributed by atoms with Gasteiger partial charge >= 0.3 is 0 Å². The molecule has 6 nitrogen and oxygen atoms in total. The van der Waals surface area contributed by atoms with Crippen LogP contribution in [0.3, 0.4) is 0 Å². The summed E-state index contributed by atoms with van der Waals surface area (Å²) in [5.74, 6) is 0.894. The molecule has 2 N–H and O–H groups in total. The van der Waals surface area contributed by atoms with Crippen LogP contribution in [-0.2, 0) is 18.3 Å². The van der Waals surface area contributed by atoms with Crippen LogP contribution < -0.4 is 10.6 Å². The summed E-state index contributed by atoms with van der Waals surface area (Å²) in [5, 5.41) is 10.5. The number of aryl methyl sites for hydroxylation is 1. The van der Waals surface area contributed by atoms with E-state index in [-0.39, 0.29) is 11.4 Å². The van der Waals surface area contributed by atoms with Gasteiger partial charge in [0.1, 0.15) is 6.33 Å². The highest BCUT2D eigenvalue weighted by molar-refractivity contribution is 5.77. The number of rotatable bonds is 6. The van der Waals surface area contributed by atoms with Crippen LogP contribution in [0.1, 0.15) is 44.3 Å². The van der Waals surface area contributed by atoms with Crippen LogP contribution in [0.5, 0.6) is 0 Å². The monoisotopic (exact) mass is 279 g/mol. The Morgan fingerprint density at radius 2 is 2.15 bits per heavy atom. The van der Waals surface area contributed by atoms with Gasteiger partial charge in [0, 0.05) is 32.0 Å². The molecule has 1 saturated carbocycles. The van der Waals surface area contributed by atoms with Crippen LogP contribution in [0.4, 0.5) is 0 Å². The van der Waals surface area contributed by atoms with Crippen LogP contribution in [0.15, 0.2) is 6.33 Å². The zero-order valence-corrected chi connectivity index (χ0v) is 12.5. The number of nitrogens with one attached hydrogen (secondary N) is 2. The van der Waals surface area contributed by atoms with Crippen molar-refractivity contribution in [1.82, 2.24) is 25.4 Å². The zero-order chi connectivity index (χ0) is 14.4. The van der Waals surface area contributed by atoms with Crippen LogP contribution in [0.2, 0.25) is 0 Å². The van der Waals surface area contributed by atoms with Crippen molar-refractivity contribution in [2.75, 3.05) is 13.6 Å². The molecule has 1 heterocycles. The second kappa shape index (κ2) is 6.83. The molecule has 0 aromatic carbocycles. The van der Waals surface area contributed by atoms with Gasteiger partial charge < -0.3 is 10.6 Å². The van der Waals surface area contributed by atoms with Crippen molar-refractivity contribution in [1.29, 1.82) is 0 Å². The molecule has 0 spiro atoms. The molecular formula is C14H25N5O. The largest absolute Gasteiger partial charge is 0.356 e. The lowest BCUT2D eigenvalue weighted by atomic mass is 9.79. The molecule has 1 fully saturated rings. The minimum absolute atomic E-state index is 0.00554. The van der Waals surface area contributed by atoms with Gasteiger partial charge in [-0.05, 0) is 19.9 Å². The molecule has 0 unspecified atom stereocenters. The van der Waals surface area contributed by atoms with Gasteiger partial charge in [0.05, 0.1) is 0 Å². The number of hydrogen-bond donors (Lipinski definition) is 2. The predicted molar refractivity (Wildman–Crippen MR) is 77.2 cm³/mol. The highest BCUT2D eigenvalue weighted by atomic mass is 16.1. The molecular weight excluding hydrogens is 254 g/mol. The minimum atomic E-state index is 0.00554. The Labute approximate surface area is 120 Å². The van der Waals surface area contributed by atoms with Gasteiger partial charge in [-0.15, -0.1) is 0 Å². The maximum atomic E-state index is 12.1. The first-order valence-electron chi connectivity index (χ1n) is 7.44. The van der Waals surface area contributed by atoms with Gasteiger partial charge in [0.15, 0.2) is 5.82 Å². The number of nitrogens with zero attached hydrogens (tertiary/aromatic N) is 3. The van der Waals surface area contributed by atoms with E-state index < -0.39 is 0 Å². The molecule has 1 aromatic heterocycles. The smallest absolute Gasteiger partial charge is 0.221 e. The van der Waals surface area contributed by atoms with E-state index in [1.54, 1.807) is 11.0 Å². The third-order valence-corrected chi connectivity index (χ3v) is 4.16. The SMILES string of the molecule is CNC1(CC(=O)NCCc2ncn(C)n2)CCCCC1. The van der Waals surface area contributed by atoms with E-state index in [9.17, 15) is 4.79 Å². The first-order valence-corrected chi connectivity index (χ1v) is 7.44. The molecule has 1 amide bonds. The fourth-order valence-corrected chi connectivity index (χ4v) is 2.93. The summed E-state index contributed by atoms with van der Waals surface area (Å²) in [6.07, 6.45) is 8.83. The maximum absolute atomic E-state index is 12.1. The summed E-state index contributed by atoms with van der Waals surface area (Å²) in [6, 6.07) is 0. The van der Waals surface area contributed by atoms with E-state index in [2.05, 4.69) is 20.7 Å². The van der Waals surface area contributed by atoms with E-state index in [0.29, 0.717) is 19.4 Å². The average molecular weight is 279 g/mol. The van der Waals surface area contributed by atoms with Gasteiger partial charge in [0.25, 0.3) is 0 Å². The summed E-state index contributed by atoms with van der Waals surface area (Å²) in [6.45, 7) is 0.600. The highest BCUT2D eigenvalue weighted by Gasteiger charge is 2.32. The number of carbonyl (C=O) groups excluding carboxylic acids is 1. The number of amides is 1. The van der Waals surface area contributed by atoms with Crippen LogP contribution in [0, 0.1) is 0 Å². The minimum Gasteiger partial charge on any atom is -0.356 e. The standard InChI is InChI=1S/C14H25N5O/c1-15-14(7-4-3-5-8-14)10-13(20)16-9-6-12-17-11-19(2)18-12/h11,15H,3-10H2,1-2H3,(H,16,20). The van der Waals surface area contributed by atoms with E-state index in [1.165, 1.54) is 19.3 Å². The third-order valence-electron chi connectivity index (χ3n) is 4.16. The molecule has 6 heteroatoms. The number of hydrogen-bond acceptors (Lipinski definition) is 4. The molecule has 0 radical (unpaired) electrons. The van der Waals surface area contributed by atoms with Crippen molar-refractivity contribution in [2.24, 2.45) is 7.05 Å². The Kier molecular flexibility index (Phi) is 5.11. The van der Waals surface area contributed by atoms with E-state index in [0.717, 1.165) is 18.7 Å². The summed E-state index contributed by atoms with van der Waals surface area (Å²) >= 11 is 0. The lowest BCUT2D eigenvalue weighted by Gasteiger charge is -2.36. The molecule has 1 aromatic rings. The summed E-state index contributed by atoms with van der Waals surface area (Å²) < 4.78 is 1.68. The van der Waals surface area contributed by atoms with Gasteiger partial charge in [0.2, 0.25) is 5.91 Å². The van der Waals surface area contributed by atoms with Crippen molar-refractivity contribution >= 4 is 5.91 Å². The fourth-order valence-electron chi connectivity index (χ4n) is 2.93. The second-order valence-electron chi connectivity index (χ2n) is 5.70. The Hall–Kier alpha value is -1.43. The molecule has 2 rings (SSSR count). The quantitative estimate of drug-likeness (QED) is 0.807. The van der Waals surface area contributed by atoms with Crippen LogP contribution in [-0.4, -0.2) is 39.8 Å². The van der Waals surface area contributed by atoms with Gasteiger partial charge in [-0.25, -0.2) is 4.98 Å². The van der Waals surface area contributed by atoms with Gasteiger partial charge in [-0.1, -0.05) is 19.3 Å². The first-order chi connectivity index (χ1) is 9.63. The molecule has 20 heavy (non-hydrogen) atoms. The zero-order valence-electron chi connectivity index (χ0n) is 12.5. The molecule has 0 saturated heterocycles. The lowest BCUT2D eigenvalue weighted by Crippen LogP contribution is -2.48. The fraction of sp³-hybridized carbons (Fsp3) is 0.786. The molecule has 112 valence electrons. The molecule has 1 aliphatic carbocycles. The summed E-state index contributed by atoms with van der Waals surface area (Å²) in [4.78, 5) is 16.2. The maximum Gasteiger partial charge on any atom is 0.221 e. The van der Waals surface area contributed by atoms with Gasteiger partial charge in [-0.3, -0.25) is 9.48 Å². The average Bonchev–Trinajstić information content (AvgIpc) is 2.85. The van der Waals surface area contributed by atoms with Gasteiger partial charge in [-0.2, -0.15) is 5.10 Å². The predicted octanol–water partition coefficient (Wildman–Crippen LogP) is 0.786. The van der Waals surface area contributed by atoms with E-state index >= 15 is 0 Å². The van der Waals surface area contributed by atoms with E-state index in [1.807, 2.05) is 14.1 Å². The number of carbonyl (C=O) groups is 1. The molecule has 0 atom stereocenters. The van der Waals surface area contributed by atoms with E-state index in [4.69, 9.17) is 0 Å². The summed E-state index contributed by atoms with van der Waals surface area (Å²) in [7, 11) is 3.81. The van der Waals surface area contributed by atoms with Crippen molar-refractivity contribution < 1.29 is 4.79 Å². The third kappa shape index (κ3) is 4.03. The van der Waals surface area contributed by atoms with Crippen molar-refractivity contribution in [2.45, 2.75) is 50.5 Å². The second-order valence-corrected chi connectivity index (χ2v) is 5.70. The Morgan fingerprint density at radius 1 is 1.40 bits per heavy atom. The normalized spacial score (nSPS) is 17.9. The van der Waals surface area contributed by atoms with Crippen molar-refractivity contribution in [3.63, 3.8) is 0 Å². The molecule has 0 aliphatic heterocycles. The highest BCUT2D eigenvalue weighted by Crippen LogP contribution is 2.30. The van der Waals surface area contributed by atoms with Crippen molar-refractivity contribution in [3.8, 4) is 0 Å². The van der Waals surface area contributed by atoms with Crippen LogP contribution >= 0.6 is 0 Å². The summed E-state index contributed by atoms with van der Waals surface area (Å²) in [5.41, 5.74) is 0.00554. The molecule has 0 bridgehead atoms. The van der Waals surface area contributed by atoms with Crippen molar-refractivity contribution in [3.05, 3.63) is 12.2 Å². The Bertz CT molecular complexity index is 437. The first kappa shape index (κ1) is 15.0. The van der Waals surface area contributed by atoms with Crippen LogP contribution in [0.25, 0.3) is 0 Å². The Morgan fingerprint density at radius 3 is 2.75 bits per heavy atom. The lowest BCUT2D eigenvalue weighted by molar-refractivity contribution is -0.122. The Balaban J connectivity index is 1.74. The molecule has 1 aliphatic rings.